The molecule has 3 aliphatic rings. The Morgan fingerprint density at radius 1 is 1.07 bits per heavy atom. The second kappa shape index (κ2) is 3.28. The molecule has 0 aromatic rings. The lowest BCUT2D eigenvalue weighted by Gasteiger charge is -2.17. The van der Waals surface area contributed by atoms with Crippen LogP contribution in [-0.2, 0) is 0 Å². The van der Waals surface area contributed by atoms with Crippen LogP contribution in [0.25, 0.3) is 11.1 Å². The van der Waals surface area contributed by atoms with Gasteiger partial charge in [0.2, 0.25) is 0 Å². The van der Waals surface area contributed by atoms with Gasteiger partial charge in [0.15, 0.2) is 0 Å². The topological polar surface area (TPSA) is 3.24 Å². The molecule has 0 saturated carbocycles. The third-order valence-electron chi connectivity index (χ3n) is 2.89. The van der Waals surface area contributed by atoms with Crippen LogP contribution in [0, 0.1) is 0 Å². The van der Waals surface area contributed by atoms with E-state index in [1.165, 1.54) is 42.1 Å². The van der Waals surface area contributed by atoms with E-state index in [-0.39, 0.29) is 0 Å². The second-order valence-corrected chi connectivity index (χ2v) is 4.74. The molecule has 0 amide bonds. The molecule has 2 aliphatic heterocycles. The normalized spacial score (nSPS) is 16.7. The number of hydrogen-bond acceptors (Lipinski definition) is 2. The summed E-state index contributed by atoms with van der Waals surface area (Å²) in [4.78, 5) is 2.50. The highest BCUT2D eigenvalue weighted by atomic mass is 32.1. The highest BCUT2D eigenvalue weighted by Crippen LogP contribution is 2.33. The largest absolute Gasteiger partial charge is 0.363 e. The Morgan fingerprint density at radius 2 is 1.86 bits per heavy atom. The summed E-state index contributed by atoms with van der Waals surface area (Å²) in [6.07, 6.45) is 2.71. The van der Waals surface area contributed by atoms with E-state index in [0.29, 0.717) is 0 Å². The fourth-order valence-corrected chi connectivity index (χ4v) is 3.07. The molecule has 0 aromatic carbocycles. The first-order valence-corrected chi connectivity index (χ1v) is 6.04. The van der Waals surface area contributed by atoms with E-state index in [9.17, 15) is 0 Å². The third-order valence-corrected chi connectivity index (χ3v) is 3.88. The van der Waals surface area contributed by atoms with Gasteiger partial charge in [-0.1, -0.05) is 18.2 Å². The highest BCUT2D eigenvalue weighted by Gasteiger charge is 2.14. The van der Waals surface area contributed by atoms with Crippen LogP contribution in [0.5, 0.6) is 0 Å². The van der Waals surface area contributed by atoms with E-state index in [2.05, 4.69) is 34.5 Å². The lowest BCUT2D eigenvalue weighted by molar-refractivity contribution is 0.949. The molecule has 2 heterocycles. The first-order chi connectivity index (χ1) is 6.93. The molecule has 0 radical (unpaired) electrons. The van der Waals surface area contributed by atoms with Crippen LogP contribution in [0.1, 0.15) is 12.8 Å². The smallest absolute Gasteiger partial charge is 0.0914 e. The van der Waals surface area contributed by atoms with Crippen LogP contribution >= 0.6 is 11.3 Å². The number of fused-ring (bicyclic) bond motifs is 1. The predicted octanol–water partition coefficient (Wildman–Crippen LogP) is 3.45. The average molecular weight is 203 g/mol. The van der Waals surface area contributed by atoms with E-state index in [4.69, 9.17) is 0 Å². The molecule has 0 bridgehead atoms. The van der Waals surface area contributed by atoms with Crippen molar-refractivity contribution < 1.29 is 0 Å². The van der Waals surface area contributed by atoms with E-state index in [0.717, 1.165) is 0 Å². The standard InChI is InChI=1S/C12H13NS/c1-2-7-13(6-1)12-8-10-4-3-5-11(10)9-14-12/h3-5,8-9H,1-2,6-7H2. The minimum absolute atomic E-state index is 1.24. The van der Waals surface area contributed by atoms with Crippen LogP contribution in [0.2, 0.25) is 0 Å². The Hall–Kier alpha value is -1.02. The van der Waals surface area contributed by atoms with Gasteiger partial charge in [-0.25, -0.2) is 0 Å². The maximum Gasteiger partial charge on any atom is 0.0914 e. The fraction of sp³-hybridized carbons (Fsp3) is 0.333. The lowest BCUT2D eigenvalue weighted by Crippen LogP contribution is -2.16. The van der Waals surface area contributed by atoms with Crippen molar-refractivity contribution in [3.8, 4) is 11.1 Å². The Bertz CT molecular complexity index is 401. The van der Waals surface area contributed by atoms with Crippen molar-refractivity contribution in [2.45, 2.75) is 12.8 Å². The quantitative estimate of drug-likeness (QED) is 0.686. The van der Waals surface area contributed by atoms with Gasteiger partial charge >= 0.3 is 0 Å². The first-order valence-electron chi connectivity index (χ1n) is 5.16. The molecule has 2 heteroatoms. The summed E-state index contributed by atoms with van der Waals surface area (Å²) in [6, 6.07) is 8.83. The molecule has 1 aliphatic carbocycles. The van der Waals surface area contributed by atoms with Gasteiger partial charge in [-0.2, -0.15) is 0 Å². The van der Waals surface area contributed by atoms with Crippen molar-refractivity contribution >= 4 is 16.3 Å². The molecule has 3 rings (SSSR count). The summed E-state index contributed by atoms with van der Waals surface area (Å²) in [5.41, 5.74) is 2.75. The zero-order valence-corrected chi connectivity index (χ0v) is 8.89. The molecule has 0 atom stereocenters. The van der Waals surface area contributed by atoms with Crippen molar-refractivity contribution in [1.82, 2.24) is 0 Å². The Kier molecular flexibility index (Phi) is 1.95. The van der Waals surface area contributed by atoms with E-state index in [1.54, 1.807) is 0 Å². The van der Waals surface area contributed by atoms with Gasteiger partial charge in [0, 0.05) is 18.5 Å². The second-order valence-electron chi connectivity index (χ2n) is 3.85. The molecule has 0 N–H and O–H groups in total. The summed E-state index contributed by atoms with van der Waals surface area (Å²) in [6.45, 7) is 2.48. The van der Waals surface area contributed by atoms with Crippen LogP contribution < -0.4 is 4.90 Å². The molecule has 0 spiro atoms. The number of nitrogens with zero attached hydrogens (tertiary/aromatic N) is 1. The van der Waals surface area contributed by atoms with Gasteiger partial charge < -0.3 is 4.90 Å². The van der Waals surface area contributed by atoms with Crippen molar-refractivity contribution in [2.75, 3.05) is 18.0 Å². The number of rotatable bonds is 1. The third kappa shape index (κ3) is 1.30. The Balaban J connectivity index is 2.01. The summed E-state index contributed by atoms with van der Waals surface area (Å²) < 4.78 is 0. The molecule has 1 saturated heterocycles. The van der Waals surface area contributed by atoms with E-state index >= 15 is 0 Å². The SMILES string of the molecule is c1cc2csc(N3CCCC3)cc-2c1. The Morgan fingerprint density at radius 3 is 2.71 bits per heavy atom. The maximum atomic E-state index is 2.50. The molecule has 0 aromatic heterocycles. The average Bonchev–Trinajstić information content (AvgIpc) is 2.88. The molecule has 72 valence electrons. The van der Waals surface area contributed by atoms with Gasteiger partial charge in [-0.3, -0.25) is 0 Å². The van der Waals surface area contributed by atoms with Crippen LogP contribution in [0.3, 0.4) is 0 Å². The summed E-state index contributed by atoms with van der Waals surface area (Å²) in [5, 5.41) is 3.70. The minimum atomic E-state index is 1.24. The number of hydrogen-bond donors (Lipinski definition) is 0. The van der Waals surface area contributed by atoms with Gasteiger partial charge in [-0.15, -0.1) is 11.3 Å². The van der Waals surface area contributed by atoms with Crippen LogP contribution in [0.15, 0.2) is 29.6 Å². The summed E-state index contributed by atoms with van der Waals surface area (Å²) in [7, 11) is 0. The van der Waals surface area contributed by atoms with Crippen molar-refractivity contribution in [3.05, 3.63) is 29.6 Å². The predicted molar refractivity (Wildman–Crippen MR) is 62.4 cm³/mol. The molecular weight excluding hydrogens is 190 g/mol. The van der Waals surface area contributed by atoms with Crippen molar-refractivity contribution in [3.63, 3.8) is 0 Å². The van der Waals surface area contributed by atoms with Gasteiger partial charge in [-0.05, 0) is 30.0 Å². The van der Waals surface area contributed by atoms with Gasteiger partial charge in [0.1, 0.15) is 0 Å². The fourth-order valence-electron chi connectivity index (χ4n) is 2.08. The monoisotopic (exact) mass is 203 g/mol. The zero-order valence-electron chi connectivity index (χ0n) is 8.07. The molecule has 14 heavy (non-hydrogen) atoms. The first kappa shape index (κ1) is 8.30. The van der Waals surface area contributed by atoms with Gasteiger partial charge in [0.25, 0.3) is 0 Å². The van der Waals surface area contributed by atoms with Crippen LogP contribution in [-0.4, -0.2) is 13.1 Å². The van der Waals surface area contributed by atoms with E-state index in [1.807, 2.05) is 11.3 Å². The van der Waals surface area contributed by atoms with Crippen LogP contribution in [0.4, 0.5) is 5.00 Å². The lowest BCUT2D eigenvalue weighted by atomic mass is 10.2. The molecule has 0 unspecified atom stereocenters. The van der Waals surface area contributed by atoms with E-state index < -0.39 is 0 Å². The van der Waals surface area contributed by atoms with Crippen molar-refractivity contribution in [1.29, 1.82) is 0 Å². The van der Waals surface area contributed by atoms with Gasteiger partial charge in [0.05, 0.1) is 5.00 Å². The molecular formula is C12H13NS. The Labute approximate surface area is 88.3 Å². The summed E-state index contributed by atoms with van der Waals surface area (Å²) >= 11 is 1.87. The highest BCUT2D eigenvalue weighted by molar-refractivity contribution is 7.14. The molecule has 1 nitrogen and oxygen atoms in total. The maximum absolute atomic E-state index is 2.50. The zero-order chi connectivity index (χ0) is 9.38. The molecule has 1 fully saturated rings. The minimum Gasteiger partial charge on any atom is -0.363 e. The number of anilines is 1. The van der Waals surface area contributed by atoms with Crippen molar-refractivity contribution in [2.24, 2.45) is 0 Å². The summed E-state index contributed by atoms with van der Waals surface area (Å²) in [5.74, 6) is 0.